The van der Waals surface area contributed by atoms with Crippen molar-refractivity contribution in [3.05, 3.63) is 27.6 Å². The second-order valence-electron chi connectivity index (χ2n) is 3.87. The van der Waals surface area contributed by atoms with Gasteiger partial charge >= 0.3 is 0 Å². The molecule has 0 bridgehead atoms. The summed E-state index contributed by atoms with van der Waals surface area (Å²) in [6.07, 6.45) is 5.15. The lowest BCUT2D eigenvalue weighted by atomic mass is 10.2. The third-order valence-electron chi connectivity index (χ3n) is 2.80. The van der Waals surface area contributed by atoms with Crippen LogP contribution in [-0.2, 0) is 0 Å². The smallest absolute Gasteiger partial charge is 0.255 e. The van der Waals surface area contributed by atoms with Gasteiger partial charge in [-0.15, -0.1) is 0 Å². The number of hydrogen-bond donors (Lipinski definition) is 1. The van der Waals surface area contributed by atoms with Crippen LogP contribution in [0.15, 0.2) is 18.5 Å². The largest absolute Gasteiger partial charge is 0.394 e. The van der Waals surface area contributed by atoms with Crippen molar-refractivity contribution in [1.82, 2.24) is 9.88 Å². The van der Waals surface area contributed by atoms with E-state index in [1.54, 1.807) is 17.3 Å². The number of hydrogen-bond acceptors (Lipinski definition) is 3. The van der Waals surface area contributed by atoms with Gasteiger partial charge in [-0.2, -0.15) is 0 Å². The maximum Gasteiger partial charge on any atom is 0.255 e. The predicted molar refractivity (Wildman–Crippen MR) is 68.1 cm³/mol. The molecule has 1 saturated heterocycles. The fourth-order valence-corrected chi connectivity index (χ4v) is 2.48. The van der Waals surface area contributed by atoms with Crippen molar-refractivity contribution in [3.8, 4) is 0 Å². The van der Waals surface area contributed by atoms with Crippen molar-refractivity contribution in [2.45, 2.75) is 18.9 Å². The van der Waals surface area contributed by atoms with Crippen LogP contribution in [0.1, 0.15) is 23.2 Å². The molecule has 86 valence electrons. The number of aliphatic hydroxyl groups excluding tert-OH is 1. The summed E-state index contributed by atoms with van der Waals surface area (Å²) >= 11 is 2.13. The molecule has 1 fully saturated rings. The lowest BCUT2D eigenvalue weighted by Gasteiger charge is -2.22. The average Bonchev–Trinajstić information content (AvgIpc) is 2.76. The van der Waals surface area contributed by atoms with Crippen molar-refractivity contribution in [2.24, 2.45) is 0 Å². The highest BCUT2D eigenvalue weighted by molar-refractivity contribution is 14.1. The minimum absolute atomic E-state index is 0.0228. The van der Waals surface area contributed by atoms with Crippen LogP contribution in [0.4, 0.5) is 0 Å². The van der Waals surface area contributed by atoms with Crippen LogP contribution in [0, 0.1) is 3.57 Å². The molecule has 0 aromatic carbocycles. The van der Waals surface area contributed by atoms with Crippen molar-refractivity contribution >= 4 is 28.5 Å². The number of halogens is 1. The first-order valence-electron chi connectivity index (χ1n) is 5.24. The number of likely N-dealkylation sites (tertiary alicyclic amines) is 1. The number of aliphatic hydroxyl groups is 1. The van der Waals surface area contributed by atoms with E-state index < -0.39 is 0 Å². The van der Waals surface area contributed by atoms with Gasteiger partial charge in [0, 0.05) is 22.5 Å². The Hall–Kier alpha value is -0.690. The Morgan fingerprint density at radius 1 is 1.62 bits per heavy atom. The number of rotatable bonds is 2. The van der Waals surface area contributed by atoms with E-state index >= 15 is 0 Å². The summed E-state index contributed by atoms with van der Waals surface area (Å²) in [5.41, 5.74) is 0.604. The van der Waals surface area contributed by atoms with Crippen LogP contribution in [-0.4, -0.2) is 40.1 Å². The molecule has 2 rings (SSSR count). The maximum atomic E-state index is 12.1. The molecule has 1 aliphatic rings. The Balaban J connectivity index is 2.18. The molecule has 1 aromatic rings. The Morgan fingerprint density at radius 3 is 3.12 bits per heavy atom. The molecule has 1 aliphatic heterocycles. The number of pyridine rings is 1. The highest BCUT2D eigenvalue weighted by Gasteiger charge is 2.28. The highest BCUT2D eigenvalue weighted by atomic mass is 127. The molecule has 2 heterocycles. The van der Waals surface area contributed by atoms with E-state index in [-0.39, 0.29) is 18.6 Å². The molecule has 16 heavy (non-hydrogen) atoms. The summed E-state index contributed by atoms with van der Waals surface area (Å²) in [6.45, 7) is 0.776. The molecule has 0 unspecified atom stereocenters. The molecule has 1 N–H and O–H groups in total. The summed E-state index contributed by atoms with van der Waals surface area (Å²) in [5, 5.41) is 9.18. The fraction of sp³-hybridized carbons (Fsp3) is 0.455. The monoisotopic (exact) mass is 332 g/mol. The zero-order valence-corrected chi connectivity index (χ0v) is 10.9. The van der Waals surface area contributed by atoms with E-state index in [2.05, 4.69) is 27.6 Å². The van der Waals surface area contributed by atoms with E-state index in [4.69, 9.17) is 0 Å². The Morgan fingerprint density at radius 2 is 2.44 bits per heavy atom. The van der Waals surface area contributed by atoms with Crippen molar-refractivity contribution in [3.63, 3.8) is 0 Å². The molecule has 4 nitrogen and oxygen atoms in total. The standard InChI is InChI=1S/C11H13IN2O2/c12-9-4-8(5-13-6-9)11(16)14-3-1-2-10(14)7-15/h4-6,10,15H,1-3,7H2/t10-/m1/s1. The van der Waals surface area contributed by atoms with Crippen molar-refractivity contribution in [2.75, 3.05) is 13.2 Å². The number of amides is 1. The van der Waals surface area contributed by atoms with E-state index in [9.17, 15) is 9.90 Å². The van der Waals surface area contributed by atoms with Crippen LogP contribution in [0.25, 0.3) is 0 Å². The molecule has 1 aromatic heterocycles. The summed E-state index contributed by atoms with van der Waals surface area (Å²) < 4.78 is 0.947. The van der Waals surface area contributed by atoms with Gasteiger partial charge in [0.05, 0.1) is 18.2 Å². The molecule has 0 radical (unpaired) electrons. The first-order chi connectivity index (χ1) is 7.72. The lowest BCUT2D eigenvalue weighted by molar-refractivity contribution is 0.0677. The molecule has 0 aliphatic carbocycles. The van der Waals surface area contributed by atoms with Gasteiger partial charge in [-0.1, -0.05) is 0 Å². The normalized spacial score (nSPS) is 20.1. The van der Waals surface area contributed by atoms with Gasteiger partial charge in [-0.05, 0) is 41.5 Å². The van der Waals surface area contributed by atoms with Crippen LogP contribution in [0.5, 0.6) is 0 Å². The zero-order chi connectivity index (χ0) is 11.5. The Bertz CT molecular complexity index is 397. The minimum atomic E-state index is -0.0254. The van der Waals surface area contributed by atoms with Crippen molar-refractivity contribution < 1.29 is 9.90 Å². The first-order valence-corrected chi connectivity index (χ1v) is 6.32. The van der Waals surface area contributed by atoms with Crippen LogP contribution in [0.3, 0.4) is 0 Å². The molecule has 0 saturated carbocycles. The van der Waals surface area contributed by atoms with E-state index in [0.717, 1.165) is 23.0 Å². The predicted octanol–water partition coefficient (Wildman–Crippen LogP) is 1.28. The SMILES string of the molecule is O=C(c1cncc(I)c1)N1CCC[C@@H]1CO. The summed E-state index contributed by atoms with van der Waals surface area (Å²) in [7, 11) is 0. The number of aromatic nitrogens is 1. The van der Waals surface area contributed by atoms with Gasteiger partial charge in [0.2, 0.25) is 0 Å². The Labute approximate surface area is 108 Å². The number of carbonyl (C=O) groups is 1. The van der Waals surface area contributed by atoms with E-state index in [0.29, 0.717) is 5.56 Å². The van der Waals surface area contributed by atoms with Crippen molar-refractivity contribution in [1.29, 1.82) is 0 Å². The maximum absolute atomic E-state index is 12.1. The summed E-state index contributed by atoms with van der Waals surface area (Å²) in [5.74, 6) is -0.0254. The third-order valence-corrected chi connectivity index (χ3v) is 3.39. The van der Waals surface area contributed by atoms with Crippen LogP contribution >= 0.6 is 22.6 Å². The molecule has 0 spiro atoms. The minimum Gasteiger partial charge on any atom is -0.394 e. The quantitative estimate of drug-likeness (QED) is 0.831. The number of carbonyl (C=O) groups excluding carboxylic acids is 1. The zero-order valence-electron chi connectivity index (χ0n) is 8.77. The first kappa shape index (κ1) is 11.8. The van der Waals surface area contributed by atoms with E-state index in [1.807, 2.05) is 6.07 Å². The Kier molecular flexibility index (Phi) is 3.75. The fourth-order valence-electron chi connectivity index (χ4n) is 1.99. The van der Waals surface area contributed by atoms with Crippen LogP contribution < -0.4 is 0 Å². The highest BCUT2D eigenvalue weighted by Crippen LogP contribution is 2.19. The van der Waals surface area contributed by atoms with Gasteiger partial charge in [0.25, 0.3) is 5.91 Å². The topological polar surface area (TPSA) is 53.4 Å². The molecule has 1 atom stereocenters. The average molecular weight is 332 g/mol. The van der Waals surface area contributed by atoms with Gasteiger partial charge in [-0.3, -0.25) is 9.78 Å². The van der Waals surface area contributed by atoms with Gasteiger partial charge in [0.15, 0.2) is 0 Å². The summed E-state index contributed by atoms with van der Waals surface area (Å²) in [4.78, 5) is 17.9. The molecular formula is C11H13IN2O2. The third kappa shape index (κ3) is 2.35. The van der Waals surface area contributed by atoms with Gasteiger partial charge in [-0.25, -0.2) is 0 Å². The van der Waals surface area contributed by atoms with Gasteiger partial charge in [0.1, 0.15) is 0 Å². The molecule has 5 heteroatoms. The molecule has 1 amide bonds. The number of nitrogens with zero attached hydrogens (tertiary/aromatic N) is 2. The van der Waals surface area contributed by atoms with Crippen LogP contribution in [0.2, 0.25) is 0 Å². The lowest BCUT2D eigenvalue weighted by Crippen LogP contribution is -2.37. The van der Waals surface area contributed by atoms with Gasteiger partial charge < -0.3 is 10.0 Å². The summed E-state index contributed by atoms with van der Waals surface area (Å²) in [6, 6.07) is 1.80. The second-order valence-corrected chi connectivity index (χ2v) is 5.11. The second kappa shape index (κ2) is 5.09. The molecular weight excluding hydrogens is 319 g/mol. The van der Waals surface area contributed by atoms with E-state index in [1.165, 1.54) is 0 Å².